The summed E-state index contributed by atoms with van der Waals surface area (Å²) in [6.45, 7) is 2.77. The van der Waals surface area contributed by atoms with Crippen LogP contribution in [0.1, 0.15) is 28.9 Å². The van der Waals surface area contributed by atoms with E-state index in [4.69, 9.17) is 4.74 Å². The maximum Gasteiger partial charge on any atom is 0.326 e. The van der Waals surface area contributed by atoms with Crippen LogP contribution in [0, 0.1) is 12.8 Å². The van der Waals surface area contributed by atoms with E-state index < -0.39 is 17.9 Å². The summed E-state index contributed by atoms with van der Waals surface area (Å²) in [6, 6.07) is 8.49. The first-order valence-corrected chi connectivity index (χ1v) is 8.29. The van der Waals surface area contributed by atoms with Crippen molar-refractivity contribution >= 4 is 11.9 Å². The van der Waals surface area contributed by atoms with Gasteiger partial charge in [-0.15, -0.1) is 0 Å². The SMILES string of the molecule is Cc1c(C(=O)NC(C(=O)O)C2CCCOC2)cnn1-c1ccccc1. The topological polar surface area (TPSA) is 93.5 Å². The molecule has 7 nitrogen and oxygen atoms in total. The van der Waals surface area contributed by atoms with Gasteiger partial charge < -0.3 is 15.2 Å². The third-order valence-corrected chi connectivity index (χ3v) is 4.47. The number of amides is 1. The average Bonchev–Trinajstić information content (AvgIpc) is 3.02. The number of rotatable bonds is 5. The number of carboxylic acids is 1. The van der Waals surface area contributed by atoms with E-state index in [1.807, 2.05) is 30.3 Å². The lowest BCUT2D eigenvalue weighted by atomic mass is 9.93. The van der Waals surface area contributed by atoms with Crippen molar-refractivity contribution in [3.63, 3.8) is 0 Å². The first kappa shape index (κ1) is 17.2. The molecule has 1 aromatic heterocycles. The third kappa shape index (κ3) is 3.71. The maximum absolute atomic E-state index is 12.6. The standard InChI is InChI=1S/C18H21N3O4/c1-12-15(10-19-21(12)14-7-3-2-4-8-14)17(22)20-16(18(23)24)13-6-5-9-25-11-13/h2-4,7-8,10,13,16H,5-6,9,11H2,1H3,(H,20,22)(H,23,24). The number of carboxylic acid groups (broad SMARTS) is 1. The van der Waals surface area contributed by atoms with E-state index in [0.717, 1.165) is 18.5 Å². The van der Waals surface area contributed by atoms with Crippen LogP contribution in [-0.4, -0.2) is 46.0 Å². The predicted octanol–water partition coefficient (Wildman–Crippen LogP) is 1.79. The Kier molecular flexibility index (Phi) is 5.14. The number of aromatic nitrogens is 2. The summed E-state index contributed by atoms with van der Waals surface area (Å²) < 4.78 is 7.02. The van der Waals surface area contributed by atoms with Crippen molar-refractivity contribution in [3.05, 3.63) is 47.8 Å². The molecule has 0 aliphatic carbocycles. The van der Waals surface area contributed by atoms with Crippen molar-refractivity contribution in [3.8, 4) is 5.69 Å². The van der Waals surface area contributed by atoms with Gasteiger partial charge in [-0.1, -0.05) is 18.2 Å². The van der Waals surface area contributed by atoms with Crippen LogP contribution >= 0.6 is 0 Å². The van der Waals surface area contributed by atoms with E-state index in [9.17, 15) is 14.7 Å². The summed E-state index contributed by atoms with van der Waals surface area (Å²) >= 11 is 0. The highest BCUT2D eigenvalue weighted by molar-refractivity contribution is 5.97. The molecule has 2 unspecified atom stereocenters. The van der Waals surface area contributed by atoms with Gasteiger partial charge >= 0.3 is 5.97 Å². The second-order valence-electron chi connectivity index (χ2n) is 6.16. The first-order valence-electron chi connectivity index (χ1n) is 8.29. The van der Waals surface area contributed by atoms with Crippen LogP contribution in [0.4, 0.5) is 0 Å². The summed E-state index contributed by atoms with van der Waals surface area (Å²) in [7, 11) is 0. The fourth-order valence-electron chi connectivity index (χ4n) is 3.09. The van der Waals surface area contributed by atoms with Crippen molar-refractivity contribution < 1.29 is 19.4 Å². The highest BCUT2D eigenvalue weighted by Crippen LogP contribution is 2.19. The predicted molar refractivity (Wildman–Crippen MR) is 90.7 cm³/mol. The highest BCUT2D eigenvalue weighted by Gasteiger charge is 2.32. The van der Waals surface area contributed by atoms with Gasteiger partial charge in [-0.05, 0) is 31.9 Å². The first-order chi connectivity index (χ1) is 12.1. The summed E-state index contributed by atoms with van der Waals surface area (Å²) in [5.74, 6) is -1.70. The highest BCUT2D eigenvalue weighted by atomic mass is 16.5. The lowest BCUT2D eigenvalue weighted by Gasteiger charge is -2.28. The van der Waals surface area contributed by atoms with Crippen molar-refractivity contribution in [2.45, 2.75) is 25.8 Å². The smallest absolute Gasteiger partial charge is 0.326 e. The number of ether oxygens (including phenoxy) is 1. The fourth-order valence-corrected chi connectivity index (χ4v) is 3.09. The Bertz CT molecular complexity index is 751. The Hall–Kier alpha value is -2.67. The van der Waals surface area contributed by atoms with E-state index in [0.29, 0.717) is 24.5 Å². The van der Waals surface area contributed by atoms with E-state index in [2.05, 4.69) is 10.4 Å². The van der Waals surface area contributed by atoms with Crippen LogP contribution in [0.25, 0.3) is 5.69 Å². The Balaban J connectivity index is 1.78. The van der Waals surface area contributed by atoms with Crippen molar-refractivity contribution in [2.24, 2.45) is 5.92 Å². The summed E-state index contributed by atoms with van der Waals surface area (Å²) in [4.78, 5) is 24.2. The number of nitrogens with zero attached hydrogens (tertiary/aromatic N) is 2. The van der Waals surface area contributed by atoms with Crippen LogP contribution < -0.4 is 5.32 Å². The minimum atomic E-state index is -1.04. The number of benzene rings is 1. The second-order valence-corrected chi connectivity index (χ2v) is 6.16. The summed E-state index contributed by atoms with van der Waals surface area (Å²) in [5, 5.41) is 16.4. The quantitative estimate of drug-likeness (QED) is 0.863. The molecule has 1 amide bonds. The largest absolute Gasteiger partial charge is 0.480 e. The number of para-hydroxylation sites is 1. The zero-order valence-electron chi connectivity index (χ0n) is 14.0. The molecular formula is C18H21N3O4. The minimum absolute atomic E-state index is 0.223. The molecule has 132 valence electrons. The molecule has 25 heavy (non-hydrogen) atoms. The second kappa shape index (κ2) is 7.48. The van der Waals surface area contributed by atoms with Crippen molar-refractivity contribution in [1.29, 1.82) is 0 Å². The molecule has 1 fully saturated rings. The Morgan fingerprint density at radius 1 is 1.36 bits per heavy atom. The van der Waals surface area contributed by atoms with Gasteiger partial charge in [0.25, 0.3) is 5.91 Å². The molecule has 2 atom stereocenters. The molecular weight excluding hydrogens is 322 g/mol. The molecule has 0 saturated carbocycles. The van der Waals surface area contributed by atoms with E-state index in [1.165, 1.54) is 6.20 Å². The van der Waals surface area contributed by atoms with E-state index in [-0.39, 0.29) is 5.92 Å². The molecule has 1 aromatic carbocycles. The van der Waals surface area contributed by atoms with Crippen molar-refractivity contribution in [2.75, 3.05) is 13.2 Å². The molecule has 2 heterocycles. The number of carbonyl (C=O) groups is 2. The summed E-state index contributed by atoms with van der Waals surface area (Å²) in [5.41, 5.74) is 1.87. The number of carbonyl (C=O) groups excluding carboxylic acids is 1. The monoisotopic (exact) mass is 343 g/mol. The van der Waals surface area contributed by atoms with Crippen LogP contribution in [-0.2, 0) is 9.53 Å². The Labute approximate surface area is 145 Å². The van der Waals surface area contributed by atoms with E-state index >= 15 is 0 Å². The molecule has 0 bridgehead atoms. The van der Waals surface area contributed by atoms with Crippen molar-refractivity contribution in [1.82, 2.24) is 15.1 Å². The molecule has 3 rings (SSSR count). The van der Waals surface area contributed by atoms with Crippen LogP contribution in [0.15, 0.2) is 36.5 Å². The lowest BCUT2D eigenvalue weighted by molar-refractivity contribution is -0.142. The van der Waals surface area contributed by atoms with Gasteiger partial charge in [0.2, 0.25) is 0 Å². The van der Waals surface area contributed by atoms with Gasteiger partial charge in [-0.25, -0.2) is 9.48 Å². The normalized spacial score (nSPS) is 18.5. The molecule has 0 radical (unpaired) electrons. The van der Waals surface area contributed by atoms with Gasteiger partial charge in [-0.2, -0.15) is 5.10 Å². The average molecular weight is 343 g/mol. The minimum Gasteiger partial charge on any atom is -0.480 e. The van der Waals surface area contributed by atoms with Crippen LogP contribution in [0.2, 0.25) is 0 Å². The zero-order chi connectivity index (χ0) is 17.8. The third-order valence-electron chi connectivity index (χ3n) is 4.47. The number of nitrogens with one attached hydrogen (secondary N) is 1. The van der Waals surface area contributed by atoms with E-state index in [1.54, 1.807) is 11.6 Å². The Morgan fingerprint density at radius 2 is 2.12 bits per heavy atom. The van der Waals surface area contributed by atoms with Gasteiger partial charge in [0.15, 0.2) is 0 Å². The fraction of sp³-hybridized carbons (Fsp3) is 0.389. The molecule has 2 N–H and O–H groups in total. The summed E-state index contributed by atoms with van der Waals surface area (Å²) in [6.07, 6.45) is 2.99. The molecule has 7 heteroatoms. The molecule has 1 saturated heterocycles. The zero-order valence-corrected chi connectivity index (χ0v) is 14.0. The number of hydrogen-bond donors (Lipinski definition) is 2. The molecule has 1 aliphatic rings. The van der Waals surface area contributed by atoms with Gasteiger partial charge in [-0.3, -0.25) is 4.79 Å². The van der Waals surface area contributed by atoms with Gasteiger partial charge in [0, 0.05) is 12.5 Å². The Morgan fingerprint density at radius 3 is 2.76 bits per heavy atom. The molecule has 2 aromatic rings. The van der Waals surface area contributed by atoms with Gasteiger partial charge in [0.1, 0.15) is 6.04 Å². The van der Waals surface area contributed by atoms with Crippen LogP contribution in [0.3, 0.4) is 0 Å². The maximum atomic E-state index is 12.6. The molecule has 0 spiro atoms. The van der Waals surface area contributed by atoms with Gasteiger partial charge in [0.05, 0.1) is 29.7 Å². The number of aliphatic carboxylic acids is 1. The van der Waals surface area contributed by atoms with Crippen LogP contribution in [0.5, 0.6) is 0 Å². The lowest BCUT2D eigenvalue weighted by Crippen LogP contribution is -2.48. The number of hydrogen-bond acceptors (Lipinski definition) is 4. The molecule has 1 aliphatic heterocycles.